The lowest BCUT2D eigenvalue weighted by atomic mass is 10.0. The number of furan rings is 1. The monoisotopic (exact) mass is 421 g/mol. The highest BCUT2D eigenvalue weighted by Crippen LogP contribution is 2.30. The zero-order valence-electron chi connectivity index (χ0n) is 16.5. The summed E-state index contributed by atoms with van der Waals surface area (Å²) in [7, 11) is 3.51. The largest absolute Gasteiger partial charge is 0.490 e. The standard InChI is InChI=1S/C16H25N3O3.C2HF3O2/c1-11-6-7-12(22-11)9-19-10-13(17-16(20)18(2)3)15-14(19)5-4-8-21-15;3-2(4,5)1(6)7/h6-7,13-15H,4-5,8-10H2,1-3H3,(H,17,20);(H,6,7)/t13-,14-,15-;/m1./s1. The molecule has 0 aliphatic carbocycles. The molecule has 0 aromatic carbocycles. The van der Waals surface area contributed by atoms with E-state index in [1.165, 1.54) is 0 Å². The average molecular weight is 421 g/mol. The highest BCUT2D eigenvalue weighted by molar-refractivity contribution is 5.74. The van der Waals surface area contributed by atoms with E-state index in [2.05, 4.69) is 10.2 Å². The van der Waals surface area contributed by atoms with Gasteiger partial charge in [0, 0.05) is 33.3 Å². The molecule has 0 spiro atoms. The van der Waals surface area contributed by atoms with Crippen molar-refractivity contribution in [2.75, 3.05) is 27.2 Å². The number of urea groups is 1. The second-order valence-electron chi connectivity index (χ2n) is 7.24. The fraction of sp³-hybridized carbons (Fsp3) is 0.667. The zero-order valence-corrected chi connectivity index (χ0v) is 16.5. The van der Waals surface area contributed by atoms with Crippen molar-refractivity contribution in [2.45, 2.75) is 50.7 Å². The van der Waals surface area contributed by atoms with Gasteiger partial charge in [0.25, 0.3) is 0 Å². The maximum absolute atomic E-state index is 12.0. The number of nitrogens with one attached hydrogen (secondary N) is 1. The van der Waals surface area contributed by atoms with Crippen LogP contribution in [0.25, 0.3) is 0 Å². The molecule has 2 saturated heterocycles. The molecule has 3 rings (SSSR count). The fourth-order valence-corrected chi connectivity index (χ4v) is 3.42. The Hall–Kier alpha value is -2.27. The van der Waals surface area contributed by atoms with E-state index in [0.29, 0.717) is 6.04 Å². The molecule has 1 aromatic heterocycles. The molecule has 8 nitrogen and oxygen atoms in total. The highest BCUT2D eigenvalue weighted by atomic mass is 19.4. The molecule has 2 aliphatic rings. The smallest absolute Gasteiger partial charge is 0.475 e. The van der Waals surface area contributed by atoms with E-state index in [9.17, 15) is 18.0 Å². The first-order valence-corrected chi connectivity index (χ1v) is 9.18. The number of hydrogen-bond donors (Lipinski definition) is 2. The molecule has 2 N–H and O–H groups in total. The summed E-state index contributed by atoms with van der Waals surface area (Å²) in [5.41, 5.74) is 0. The Balaban J connectivity index is 0.000000370. The predicted molar refractivity (Wildman–Crippen MR) is 96.3 cm³/mol. The maximum atomic E-state index is 12.0. The van der Waals surface area contributed by atoms with Crippen molar-refractivity contribution in [3.05, 3.63) is 23.7 Å². The quantitative estimate of drug-likeness (QED) is 0.777. The second kappa shape index (κ2) is 9.49. The Kier molecular flexibility index (Phi) is 7.53. The number of amides is 2. The van der Waals surface area contributed by atoms with Crippen molar-refractivity contribution in [1.82, 2.24) is 15.1 Å². The van der Waals surface area contributed by atoms with Crippen LogP contribution >= 0.6 is 0 Å². The van der Waals surface area contributed by atoms with Crippen LogP contribution in [0.15, 0.2) is 16.5 Å². The summed E-state index contributed by atoms with van der Waals surface area (Å²) in [6.45, 7) is 4.31. The lowest BCUT2D eigenvalue weighted by Gasteiger charge is -2.32. The summed E-state index contributed by atoms with van der Waals surface area (Å²) in [5.74, 6) is -0.850. The topological polar surface area (TPSA) is 95.3 Å². The van der Waals surface area contributed by atoms with Crippen molar-refractivity contribution >= 4 is 12.0 Å². The number of rotatable bonds is 3. The highest BCUT2D eigenvalue weighted by Gasteiger charge is 2.44. The number of halogens is 3. The van der Waals surface area contributed by atoms with Crippen LogP contribution in [-0.4, -0.2) is 78.5 Å². The first-order chi connectivity index (χ1) is 13.5. The molecule has 164 valence electrons. The van der Waals surface area contributed by atoms with Crippen LogP contribution in [-0.2, 0) is 16.1 Å². The molecule has 3 atom stereocenters. The van der Waals surface area contributed by atoms with E-state index in [4.69, 9.17) is 19.1 Å². The van der Waals surface area contributed by atoms with Gasteiger partial charge in [-0.1, -0.05) is 0 Å². The summed E-state index contributed by atoms with van der Waals surface area (Å²) < 4.78 is 43.4. The zero-order chi connectivity index (χ0) is 21.8. The van der Waals surface area contributed by atoms with E-state index >= 15 is 0 Å². The van der Waals surface area contributed by atoms with Crippen LogP contribution in [0.4, 0.5) is 18.0 Å². The van der Waals surface area contributed by atoms with Gasteiger partial charge in [-0.25, -0.2) is 9.59 Å². The SMILES string of the molecule is Cc1ccc(CN2C[C@@H](NC(=O)N(C)C)[C@H]3OCCC[C@H]32)o1.O=C(O)C(F)(F)F. The van der Waals surface area contributed by atoms with Crippen LogP contribution < -0.4 is 5.32 Å². The number of aliphatic carboxylic acids is 1. The molecule has 0 radical (unpaired) electrons. The van der Waals surface area contributed by atoms with Crippen molar-refractivity contribution < 1.29 is 37.0 Å². The Morgan fingerprint density at radius 2 is 2.00 bits per heavy atom. The summed E-state index contributed by atoms with van der Waals surface area (Å²) >= 11 is 0. The van der Waals surface area contributed by atoms with Gasteiger partial charge in [-0.05, 0) is 31.9 Å². The normalized spacial score (nSPS) is 24.3. The van der Waals surface area contributed by atoms with Crippen LogP contribution in [0.5, 0.6) is 0 Å². The van der Waals surface area contributed by atoms with Gasteiger partial charge in [-0.15, -0.1) is 0 Å². The molecule has 1 aromatic rings. The lowest BCUT2D eigenvalue weighted by Crippen LogP contribution is -2.50. The van der Waals surface area contributed by atoms with Gasteiger partial charge in [0.1, 0.15) is 11.5 Å². The third-order valence-electron chi connectivity index (χ3n) is 4.74. The van der Waals surface area contributed by atoms with Crippen molar-refractivity contribution in [1.29, 1.82) is 0 Å². The van der Waals surface area contributed by atoms with Crippen molar-refractivity contribution in [2.24, 2.45) is 0 Å². The molecule has 0 bridgehead atoms. The summed E-state index contributed by atoms with van der Waals surface area (Å²) in [6.07, 6.45) is -2.82. The Labute approximate surface area is 166 Å². The number of likely N-dealkylation sites (tertiary alicyclic amines) is 1. The molecule has 3 heterocycles. The summed E-state index contributed by atoms with van der Waals surface area (Å²) in [6, 6.07) is 4.35. The minimum absolute atomic E-state index is 0.0382. The van der Waals surface area contributed by atoms with Crippen molar-refractivity contribution in [3.63, 3.8) is 0 Å². The van der Waals surface area contributed by atoms with Crippen LogP contribution in [0.3, 0.4) is 0 Å². The number of aryl methyl sites for hydroxylation is 1. The molecular weight excluding hydrogens is 395 g/mol. The number of ether oxygens (including phenoxy) is 1. The van der Waals surface area contributed by atoms with E-state index in [1.54, 1.807) is 19.0 Å². The third-order valence-corrected chi connectivity index (χ3v) is 4.74. The Bertz CT molecular complexity index is 707. The van der Waals surface area contributed by atoms with Gasteiger partial charge >= 0.3 is 18.2 Å². The first-order valence-electron chi connectivity index (χ1n) is 9.18. The minimum Gasteiger partial charge on any atom is -0.475 e. The number of hydrogen-bond acceptors (Lipinski definition) is 5. The van der Waals surface area contributed by atoms with Gasteiger partial charge in [0.05, 0.1) is 18.7 Å². The molecular formula is C18H26F3N3O5. The Morgan fingerprint density at radius 3 is 2.52 bits per heavy atom. The fourth-order valence-electron chi connectivity index (χ4n) is 3.42. The maximum Gasteiger partial charge on any atom is 0.490 e. The Morgan fingerprint density at radius 1 is 1.34 bits per heavy atom. The molecule has 11 heteroatoms. The van der Waals surface area contributed by atoms with E-state index in [0.717, 1.165) is 44.1 Å². The molecule has 29 heavy (non-hydrogen) atoms. The van der Waals surface area contributed by atoms with Crippen LogP contribution in [0.2, 0.25) is 0 Å². The first kappa shape index (κ1) is 23.0. The summed E-state index contributed by atoms with van der Waals surface area (Å²) in [4.78, 5) is 24.8. The number of nitrogens with zero attached hydrogens (tertiary/aromatic N) is 2. The van der Waals surface area contributed by atoms with Gasteiger partial charge in [-0.3, -0.25) is 4.90 Å². The number of carbonyl (C=O) groups is 2. The minimum atomic E-state index is -5.08. The van der Waals surface area contributed by atoms with E-state index < -0.39 is 12.1 Å². The third kappa shape index (κ3) is 6.36. The van der Waals surface area contributed by atoms with Gasteiger partial charge < -0.3 is 24.5 Å². The average Bonchev–Trinajstić information content (AvgIpc) is 3.19. The number of fused-ring (bicyclic) bond motifs is 1. The van der Waals surface area contributed by atoms with E-state index in [-0.39, 0.29) is 18.2 Å². The molecule has 0 saturated carbocycles. The van der Waals surface area contributed by atoms with E-state index in [1.807, 2.05) is 19.1 Å². The number of alkyl halides is 3. The number of carboxylic acid groups (broad SMARTS) is 1. The second-order valence-corrected chi connectivity index (χ2v) is 7.24. The van der Waals surface area contributed by atoms with Gasteiger partial charge in [0.15, 0.2) is 0 Å². The predicted octanol–water partition coefficient (Wildman–Crippen LogP) is 2.22. The van der Waals surface area contributed by atoms with Gasteiger partial charge in [-0.2, -0.15) is 13.2 Å². The number of carboxylic acids is 1. The van der Waals surface area contributed by atoms with Crippen molar-refractivity contribution in [3.8, 4) is 0 Å². The van der Waals surface area contributed by atoms with Gasteiger partial charge in [0.2, 0.25) is 0 Å². The summed E-state index contributed by atoms with van der Waals surface area (Å²) in [5, 5.41) is 10.2. The molecule has 2 aliphatic heterocycles. The molecule has 0 unspecified atom stereocenters. The van der Waals surface area contributed by atoms with Crippen LogP contribution in [0, 0.1) is 6.92 Å². The molecule has 2 amide bonds. The lowest BCUT2D eigenvalue weighted by molar-refractivity contribution is -0.192. The molecule has 2 fully saturated rings. The number of carbonyl (C=O) groups excluding carboxylic acids is 1. The van der Waals surface area contributed by atoms with Crippen LogP contribution in [0.1, 0.15) is 24.4 Å².